The van der Waals surface area contributed by atoms with Crippen LogP contribution in [0.2, 0.25) is 0 Å². The zero-order chi connectivity index (χ0) is 16.8. The average molecular weight is 325 g/mol. The summed E-state index contributed by atoms with van der Waals surface area (Å²) in [6.07, 6.45) is 7.99. The van der Waals surface area contributed by atoms with Gasteiger partial charge in [0, 0.05) is 37.5 Å². The molecule has 0 spiro atoms. The number of nitrogens with zero attached hydrogens (tertiary/aromatic N) is 3. The van der Waals surface area contributed by atoms with Crippen LogP contribution in [0.5, 0.6) is 0 Å². The van der Waals surface area contributed by atoms with Crippen LogP contribution in [-0.4, -0.2) is 27.4 Å². The Kier molecular flexibility index (Phi) is 5.36. The standard InChI is InChI=1S/C18H23N5O/c1-13(24)21-12-14-5-7-15(8-6-14)16-9-11-20-18(22-16)23-17-4-2-3-10-19-17/h2-4,9-11,14-15H,5-8,12H2,1H3,(H,21,24)(H,19,20,22,23). The largest absolute Gasteiger partial charge is 0.356 e. The summed E-state index contributed by atoms with van der Waals surface area (Å²) in [5.41, 5.74) is 1.08. The van der Waals surface area contributed by atoms with Gasteiger partial charge in [-0.25, -0.2) is 15.0 Å². The molecule has 0 unspecified atom stereocenters. The van der Waals surface area contributed by atoms with Gasteiger partial charge in [0.15, 0.2) is 0 Å². The van der Waals surface area contributed by atoms with E-state index in [9.17, 15) is 4.79 Å². The molecule has 0 atom stereocenters. The maximum absolute atomic E-state index is 11.0. The van der Waals surface area contributed by atoms with Gasteiger partial charge in [-0.05, 0) is 49.8 Å². The highest BCUT2D eigenvalue weighted by atomic mass is 16.1. The molecule has 0 saturated heterocycles. The number of hydrogen-bond acceptors (Lipinski definition) is 5. The van der Waals surface area contributed by atoms with Gasteiger partial charge in [-0.2, -0.15) is 0 Å². The number of rotatable bonds is 5. The second-order valence-corrected chi connectivity index (χ2v) is 6.30. The summed E-state index contributed by atoms with van der Waals surface area (Å²) >= 11 is 0. The molecule has 3 rings (SSSR count). The fourth-order valence-corrected chi connectivity index (χ4v) is 3.16. The zero-order valence-corrected chi connectivity index (χ0v) is 13.9. The molecular weight excluding hydrogens is 302 g/mol. The van der Waals surface area contributed by atoms with Crippen molar-refractivity contribution in [2.24, 2.45) is 5.92 Å². The molecule has 1 amide bonds. The van der Waals surface area contributed by atoms with E-state index < -0.39 is 0 Å². The first-order valence-corrected chi connectivity index (χ1v) is 8.46. The van der Waals surface area contributed by atoms with E-state index >= 15 is 0 Å². The number of pyridine rings is 1. The summed E-state index contributed by atoms with van der Waals surface area (Å²) in [5, 5.41) is 6.07. The van der Waals surface area contributed by atoms with E-state index in [1.54, 1.807) is 19.3 Å². The van der Waals surface area contributed by atoms with Crippen LogP contribution in [0.3, 0.4) is 0 Å². The maximum Gasteiger partial charge on any atom is 0.228 e. The van der Waals surface area contributed by atoms with Crippen LogP contribution in [0.4, 0.5) is 11.8 Å². The Morgan fingerprint density at radius 3 is 2.67 bits per heavy atom. The van der Waals surface area contributed by atoms with Crippen molar-refractivity contribution < 1.29 is 4.79 Å². The molecule has 1 saturated carbocycles. The van der Waals surface area contributed by atoms with Gasteiger partial charge in [0.2, 0.25) is 11.9 Å². The van der Waals surface area contributed by atoms with Crippen molar-refractivity contribution in [3.05, 3.63) is 42.4 Å². The van der Waals surface area contributed by atoms with Gasteiger partial charge in [0.1, 0.15) is 5.82 Å². The van der Waals surface area contributed by atoms with Crippen LogP contribution < -0.4 is 10.6 Å². The highest BCUT2D eigenvalue weighted by Gasteiger charge is 2.23. The molecule has 1 fully saturated rings. The lowest BCUT2D eigenvalue weighted by atomic mass is 9.80. The van der Waals surface area contributed by atoms with Crippen LogP contribution in [0.15, 0.2) is 36.7 Å². The topological polar surface area (TPSA) is 79.8 Å². The number of carbonyl (C=O) groups is 1. The summed E-state index contributed by atoms with van der Waals surface area (Å²) in [5.74, 6) is 2.43. The minimum Gasteiger partial charge on any atom is -0.356 e. The second-order valence-electron chi connectivity index (χ2n) is 6.30. The minimum atomic E-state index is 0.0539. The fraction of sp³-hybridized carbons (Fsp3) is 0.444. The average Bonchev–Trinajstić information content (AvgIpc) is 2.61. The van der Waals surface area contributed by atoms with E-state index in [0.717, 1.165) is 43.7 Å². The van der Waals surface area contributed by atoms with E-state index in [1.807, 2.05) is 24.3 Å². The second kappa shape index (κ2) is 7.86. The van der Waals surface area contributed by atoms with E-state index in [0.29, 0.717) is 17.8 Å². The van der Waals surface area contributed by atoms with Crippen molar-refractivity contribution in [1.82, 2.24) is 20.3 Å². The number of hydrogen-bond donors (Lipinski definition) is 2. The van der Waals surface area contributed by atoms with E-state index in [2.05, 4.69) is 25.6 Å². The molecule has 1 aliphatic rings. The normalized spacial score (nSPS) is 20.4. The van der Waals surface area contributed by atoms with Gasteiger partial charge >= 0.3 is 0 Å². The predicted octanol–water partition coefficient (Wildman–Crippen LogP) is 3.03. The third kappa shape index (κ3) is 4.50. The number of aromatic nitrogens is 3. The molecule has 24 heavy (non-hydrogen) atoms. The van der Waals surface area contributed by atoms with E-state index in [1.165, 1.54) is 0 Å². The van der Waals surface area contributed by atoms with Crippen molar-refractivity contribution in [3.8, 4) is 0 Å². The Hall–Kier alpha value is -2.50. The summed E-state index contributed by atoms with van der Waals surface area (Å²) in [6.45, 7) is 2.36. The first-order chi connectivity index (χ1) is 11.7. The molecule has 6 heteroatoms. The maximum atomic E-state index is 11.0. The Morgan fingerprint density at radius 1 is 1.12 bits per heavy atom. The minimum absolute atomic E-state index is 0.0539. The number of nitrogens with one attached hydrogen (secondary N) is 2. The molecule has 0 aliphatic heterocycles. The van der Waals surface area contributed by atoms with Crippen LogP contribution in [0.1, 0.15) is 44.2 Å². The third-order valence-electron chi connectivity index (χ3n) is 4.49. The van der Waals surface area contributed by atoms with Crippen molar-refractivity contribution in [1.29, 1.82) is 0 Å². The molecular formula is C18H23N5O. The Balaban J connectivity index is 1.58. The van der Waals surface area contributed by atoms with Crippen LogP contribution in [0, 0.1) is 5.92 Å². The Morgan fingerprint density at radius 2 is 1.96 bits per heavy atom. The van der Waals surface area contributed by atoms with Crippen molar-refractivity contribution in [2.75, 3.05) is 11.9 Å². The monoisotopic (exact) mass is 325 g/mol. The summed E-state index contributed by atoms with van der Waals surface area (Å²) in [4.78, 5) is 24.2. The molecule has 1 aliphatic carbocycles. The first-order valence-electron chi connectivity index (χ1n) is 8.46. The molecule has 126 valence electrons. The summed E-state index contributed by atoms with van der Waals surface area (Å²) in [7, 11) is 0. The molecule has 2 aromatic heterocycles. The predicted molar refractivity (Wildman–Crippen MR) is 92.9 cm³/mol. The lowest BCUT2D eigenvalue weighted by molar-refractivity contribution is -0.119. The van der Waals surface area contributed by atoms with Crippen LogP contribution in [0.25, 0.3) is 0 Å². The van der Waals surface area contributed by atoms with Gasteiger partial charge in [-0.1, -0.05) is 6.07 Å². The first kappa shape index (κ1) is 16.4. The lowest BCUT2D eigenvalue weighted by Gasteiger charge is -2.28. The Labute approximate surface area is 142 Å². The zero-order valence-electron chi connectivity index (χ0n) is 13.9. The highest BCUT2D eigenvalue weighted by Crippen LogP contribution is 2.34. The van der Waals surface area contributed by atoms with Crippen molar-refractivity contribution >= 4 is 17.7 Å². The number of amides is 1. The third-order valence-corrected chi connectivity index (χ3v) is 4.49. The number of anilines is 2. The highest BCUT2D eigenvalue weighted by molar-refractivity contribution is 5.72. The van der Waals surface area contributed by atoms with E-state index in [-0.39, 0.29) is 5.91 Å². The van der Waals surface area contributed by atoms with Gasteiger partial charge in [-0.15, -0.1) is 0 Å². The lowest BCUT2D eigenvalue weighted by Crippen LogP contribution is -2.29. The molecule has 2 N–H and O–H groups in total. The van der Waals surface area contributed by atoms with E-state index in [4.69, 9.17) is 0 Å². The van der Waals surface area contributed by atoms with Crippen molar-refractivity contribution in [2.45, 2.75) is 38.5 Å². The van der Waals surface area contributed by atoms with Crippen LogP contribution >= 0.6 is 0 Å². The molecule has 0 aromatic carbocycles. The summed E-state index contributed by atoms with van der Waals surface area (Å²) < 4.78 is 0. The quantitative estimate of drug-likeness (QED) is 0.883. The Bertz CT molecular complexity index is 668. The fourth-order valence-electron chi connectivity index (χ4n) is 3.16. The smallest absolute Gasteiger partial charge is 0.228 e. The molecule has 6 nitrogen and oxygen atoms in total. The molecule has 2 heterocycles. The van der Waals surface area contributed by atoms with Crippen molar-refractivity contribution in [3.63, 3.8) is 0 Å². The number of carbonyl (C=O) groups excluding carboxylic acids is 1. The molecule has 2 aromatic rings. The molecule has 0 radical (unpaired) electrons. The van der Waals surface area contributed by atoms with Gasteiger partial charge in [0.25, 0.3) is 0 Å². The SMILES string of the molecule is CC(=O)NCC1CCC(c2ccnc(Nc3ccccn3)n2)CC1. The molecule has 0 bridgehead atoms. The van der Waals surface area contributed by atoms with Crippen LogP contribution in [-0.2, 0) is 4.79 Å². The van der Waals surface area contributed by atoms with Gasteiger partial charge in [0.05, 0.1) is 0 Å². The summed E-state index contributed by atoms with van der Waals surface area (Å²) in [6, 6.07) is 7.70. The van der Waals surface area contributed by atoms with Gasteiger partial charge in [-0.3, -0.25) is 4.79 Å². The van der Waals surface area contributed by atoms with Gasteiger partial charge < -0.3 is 10.6 Å².